The zero-order valence-electron chi connectivity index (χ0n) is 15.8. The molecule has 0 amide bonds. The number of nitrogens with zero attached hydrogens (tertiary/aromatic N) is 3. The fraction of sp³-hybridized carbons (Fsp3) is 0.300. The molecule has 1 aliphatic heterocycles. The minimum absolute atomic E-state index is 0.0434. The van der Waals surface area contributed by atoms with Crippen LogP contribution in [0.2, 0.25) is 5.02 Å². The molecule has 0 aliphatic carbocycles. The van der Waals surface area contributed by atoms with Crippen molar-refractivity contribution in [1.29, 1.82) is 0 Å². The molecule has 0 fully saturated rings. The first kappa shape index (κ1) is 20.4. The van der Waals surface area contributed by atoms with E-state index < -0.39 is 10.0 Å². The number of hydrazone groups is 1. The SMILES string of the molecule is CCN/C(=N\S(=O)(=O)c1cccc(Cl)c1)N1N=CC(CC)C1c1ccccc1. The standard InChI is InChI=1S/C20H23ClN4O2S/c1-3-15-14-23-25(19(15)16-9-6-5-7-10-16)20(22-4-2)24-28(26,27)18-12-8-11-17(21)13-18/h5-15,19H,3-4H2,1-2H3,(H,22,24). The Bertz CT molecular complexity index is 977. The van der Waals surface area contributed by atoms with Gasteiger partial charge >= 0.3 is 0 Å². The Morgan fingerprint density at radius 1 is 1.18 bits per heavy atom. The van der Waals surface area contributed by atoms with Crippen LogP contribution in [0, 0.1) is 5.92 Å². The minimum atomic E-state index is -3.95. The third-order valence-corrected chi connectivity index (χ3v) is 6.01. The highest BCUT2D eigenvalue weighted by Gasteiger charge is 2.35. The Kier molecular flexibility index (Phi) is 6.36. The molecule has 2 aromatic rings. The van der Waals surface area contributed by atoms with Crippen molar-refractivity contribution in [3.63, 3.8) is 0 Å². The van der Waals surface area contributed by atoms with E-state index in [-0.39, 0.29) is 22.8 Å². The van der Waals surface area contributed by atoms with E-state index in [1.165, 1.54) is 12.1 Å². The lowest BCUT2D eigenvalue weighted by molar-refractivity contribution is 0.304. The highest BCUT2D eigenvalue weighted by atomic mass is 35.5. The van der Waals surface area contributed by atoms with Gasteiger partial charge in [0, 0.05) is 23.7 Å². The van der Waals surface area contributed by atoms with Crippen LogP contribution in [0.4, 0.5) is 0 Å². The zero-order chi connectivity index (χ0) is 20.1. The lowest BCUT2D eigenvalue weighted by atomic mass is 9.92. The van der Waals surface area contributed by atoms with Crippen molar-refractivity contribution in [2.24, 2.45) is 15.4 Å². The number of hydrogen-bond acceptors (Lipinski definition) is 3. The van der Waals surface area contributed by atoms with Crippen molar-refractivity contribution < 1.29 is 8.42 Å². The summed E-state index contributed by atoms with van der Waals surface area (Å²) in [5.41, 5.74) is 1.05. The zero-order valence-corrected chi connectivity index (χ0v) is 17.4. The van der Waals surface area contributed by atoms with Crippen molar-refractivity contribution in [2.45, 2.75) is 31.2 Å². The van der Waals surface area contributed by atoms with E-state index in [4.69, 9.17) is 11.6 Å². The molecule has 28 heavy (non-hydrogen) atoms. The number of halogens is 1. The molecule has 3 rings (SSSR count). The first-order valence-corrected chi connectivity index (χ1v) is 11.0. The summed E-state index contributed by atoms with van der Waals surface area (Å²) in [6.45, 7) is 4.48. The van der Waals surface area contributed by atoms with Crippen LogP contribution < -0.4 is 5.32 Å². The van der Waals surface area contributed by atoms with Crippen LogP contribution in [-0.4, -0.2) is 32.1 Å². The lowest BCUT2D eigenvalue weighted by Crippen LogP contribution is -2.40. The maximum absolute atomic E-state index is 12.9. The maximum Gasteiger partial charge on any atom is 0.285 e. The summed E-state index contributed by atoms with van der Waals surface area (Å²) < 4.78 is 29.8. The highest BCUT2D eigenvalue weighted by molar-refractivity contribution is 7.90. The number of nitrogens with one attached hydrogen (secondary N) is 1. The third-order valence-electron chi connectivity index (χ3n) is 4.52. The fourth-order valence-corrected chi connectivity index (χ4v) is 4.42. The van der Waals surface area contributed by atoms with Crippen LogP contribution in [0.1, 0.15) is 31.9 Å². The first-order valence-electron chi connectivity index (χ1n) is 9.19. The summed E-state index contributed by atoms with van der Waals surface area (Å²) in [5.74, 6) is 0.351. The molecular formula is C20H23ClN4O2S. The topological polar surface area (TPSA) is 74.1 Å². The van der Waals surface area contributed by atoms with Crippen LogP contribution in [0.15, 0.2) is 69.0 Å². The number of hydrogen-bond donors (Lipinski definition) is 1. The van der Waals surface area contributed by atoms with Crippen LogP contribution >= 0.6 is 11.6 Å². The highest BCUT2D eigenvalue weighted by Crippen LogP contribution is 2.34. The van der Waals surface area contributed by atoms with Gasteiger partial charge in [0.25, 0.3) is 10.0 Å². The second-order valence-corrected chi connectivity index (χ2v) is 8.45. The summed E-state index contributed by atoms with van der Waals surface area (Å²) in [5, 5.41) is 9.55. The van der Waals surface area contributed by atoms with Gasteiger partial charge in [0.15, 0.2) is 0 Å². The molecule has 0 spiro atoms. The van der Waals surface area contributed by atoms with Crippen molar-refractivity contribution in [3.05, 3.63) is 65.2 Å². The summed E-state index contributed by atoms with van der Waals surface area (Å²) in [7, 11) is -3.95. The van der Waals surface area contributed by atoms with Crippen LogP contribution in [-0.2, 0) is 10.0 Å². The summed E-state index contributed by atoms with van der Waals surface area (Å²) in [6.07, 6.45) is 2.73. The van der Waals surface area contributed by atoms with E-state index in [0.29, 0.717) is 11.6 Å². The van der Waals surface area contributed by atoms with E-state index in [9.17, 15) is 8.42 Å². The van der Waals surface area contributed by atoms with Crippen LogP contribution in [0.5, 0.6) is 0 Å². The van der Waals surface area contributed by atoms with Gasteiger partial charge in [-0.15, -0.1) is 4.40 Å². The van der Waals surface area contributed by atoms with Gasteiger partial charge < -0.3 is 5.32 Å². The second kappa shape index (κ2) is 8.75. The summed E-state index contributed by atoms with van der Waals surface area (Å²) in [6, 6.07) is 15.9. The predicted molar refractivity (Wildman–Crippen MR) is 113 cm³/mol. The van der Waals surface area contributed by atoms with Crippen molar-refractivity contribution >= 4 is 33.8 Å². The van der Waals surface area contributed by atoms with E-state index in [1.54, 1.807) is 17.1 Å². The van der Waals surface area contributed by atoms with Crippen LogP contribution in [0.3, 0.4) is 0 Å². The quantitative estimate of drug-likeness (QED) is 0.586. The molecule has 8 heteroatoms. The monoisotopic (exact) mass is 418 g/mol. The van der Waals surface area contributed by atoms with Gasteiger partial charge in [-0.3, -0.25) is 0 Å². The Morgan fingerprint density at radius 2 is 1.93 bits per heavy atom. The average Bonchev–Trinajstić information content (AvgIpc) is 3.12. The van der Waals surface area contributed by atoms with Crippen molar-refractivity contribution in [1.82, 2.24) is 10.3 Å². The third kappa shape index (κ3) is 4.36. The summed E-state index contributed by atoms with van der Waals surface area (Å²) in [4.78, 5) is 0.0434. The molecule has 6 nitrogen and oxygen atoms in total. The predicted octanol–water partition coefficient (Wildman–Crippen LogP) is 4.06. The molecule has 0 aromatic heterocycles. The normalized spacial score (nSPS) is 19.8. The molecule has 0 radical (unpaired) electrons. The molecule has 0 saturated carbocycles. The maximum atomic E-state index is 12.9. The molecule has 0 bridgehead atoms. The van der Waals surface area contributed by atoms with Gasteiger partial charge in [-0.2, -0.15) is 13.5 Å². The molecule has 0 saturated heterocycles. The van der Waals surface area contributed by atoms with Gasteiger partial charge in [-0.1, -0.05) is 54.9 Å². The average molecular weight is 419 g/mol. The Hall–Kier alpha value is -2.38. The first-order chi connectivity index (χ1) is 13.5. The van der Waals surface area contributed by atoms with Crippen molar-refractivity contribution in [3.8, 4) is 0 Å². The molecule has 1 heterocycles. The molecule has 2 aromatic carbocycles. The van der Waals surface area contributed by atoms with Crippen LogP contribution in [0.25, 0.3) is 0 Å². The molecule has 2 atom stereocenters. The number of rotatable bonds is 5. The number of guanidine groups is 1. The number of sulfonamides is 1. The molecular weight excluding hydrogens is 396 g/mol. The van der Waals surface area contributed by atoms with E-state index >= 15 is 0 Å². The van der Waals surface area contributed by atoms with Gasteiger partial charge in [0.1, 0.15) is 0 Å². The second-order valence-electron chi connectivity index (χ2n) is 6.41. The molecule has 1 aliphatic rings. The summed E-state index contributed by atoms with van der Waals surface area (Å²) >= 11 is 5.95. The Labute approximate surface area is 171 Å². The van der Waals surface area contributed by atoms with Gasteiger partial charge in [0.05, 0.1) is 10.9 Å². The minimum Gasteiger partial charge on any atom is -0.354 e. The fourth-order valence-electron chi connectivity index (χ4n) is 3.15. The smallest absolute Gasteiger partial charge is 0.285 e. The number of benzene rings is 2. The largest absolute Gasteiger partial charge is 0.354 e. The van der Waals surface area contributed by atoms with Crippen molar-refractivity contribution in [2.75, 3.05) is 6.54 Å². The lowest BCUT2D eigenvalue weighted by Gasteiger charge is -2.28. The van der Waals surface area contributed by atoms with E-state index in [1.807, 2.05) is 43.5 Å². The van der Waals surface area contributed by atoms with Gasteiger partial charge in [-0.05, 0) is 37.1 Å². The van der Waals surface area contributed by atoms with Gasteiger partial charge in [-0.25, -0.2) is 5.01 Å². The van der Waals surface area contributed by atoms with E-state index in [2.05, 4.69) is 21.7 Å². The Morgan fingerprint density at radius 3 is 2.57 bits per heavy atom. The molecule has 1 N–H and O–H groups in total. The molecule has 2 unspecified atom stereocenters. The molecule has 148 valence electrons. The van der Waals surface area contributed by atoms with Gasteiger partial charge in [0.2, 0.25) is 5.96 Å². The van der Waals surface area contributed by atoms with E-state index in [0.717, 1.165) is 12.0 Å². The Balaban J connectivity index is 2.03.